The first kappa shape index (κ1) is 12.3. The molecule has 0 bridgehead atoms. The maximum absolute atomic E-state index is 5.50. The van der Waals surface area contributed by atoms with E-state index in [0.717, 1.165) is 22.2 Å². The van der Waals surface area contributed by atoms with Crippen molar-refractivity contribution in [2.24, 2.45) is 0 Å². The molecule has 0 N–H and O–H groups in total. The standard InChI is InChI=1S/C15H14N4O/c1-3-20-11(2)14-10-16-15(19-9-8-17-18-19)13-7-5-4-6-12(13)14/h4-10H,2-3H2,1H3. The number of hydrogen-bond acceptors (Lipinski definition) is 4. The lowest BCUT2D eigenvalue weighted by Gasteiger charge is -2.12. The number of fused-ring (bicyclic) bond motifs is 1. The van der Waals surface area contributed by atoms with Crippen molar-refractivity contribution in [3.8, 4) is 5.82 Å². The maximum atomic E-state index is 5.50. The smallest absolute Gasteiger partial charge is 0.162 e. The van der Waals surface area contributed by atoms with E-state index in [2.05, 4.69) is 21.9 Å². The van der Waals surface area contributed by atoms with Gasteiger partial charge in [0, 0.05) is 17.1 Å². The minimum Gasteiger partial charge on any atom is -0.494 e. The summed E-state index contributed by atoms with van der Waals surface area (Å²) in [5.41, 5.74) is 0.895. The normalized spacial score (nSPS) is 10.7. The molecule has 0 saturated carbocycles. The molecule has 0 unspecified atom stereocenters. The minimum atomic E-state index is 0.581. The first-order chi connectivity index (χ1) is 9.81. The second kappa shape index (κ2) is 5.13. The molecular weight excluding hydrogens is 252 g/mol. The molecule has 2 aromatic heterocycles. The predicted molar refractivity (Wildman–Crippen MR) is 77.3 cm³/mol. The largest absolute Gasteiger partial charge is 0.494 e. The summed E-state index contributed by atoms with van der Waals surface area (Å²) >= 11 is 0. The Morgan fingerprint density at radius 1 is 1.30 bits per heavy atom. The molecule has 0 radical (unpaired) electrons. The summed E-state index contributed by atoms with van der Waals surface area (Å²) < 4.78 is 7.15. The highest BCUT2D eigenvalue weighted by molar-refractivity contribution is 5.95. The van der Waals surface area contributed by atoms with E-state index in [0.29, 0.717) is 12.4 Å². The van der Waals surface area contributed by atoms with Gasteiger partial charge in [0.15, 0.2) is 5.82 Å². The van der Waals surface area contributed by atoms with Crippen LogP contribution in [0.25, 0.3) is 22.3 Å². The first-order valence-electron chi connectivity index (χ1n) is 6.37. The van der Waals surface area contributed by atoms with E-state index >= 15 is 0 Å². The summed E-state index contributed by atoms with van der Waals surface area (Å²) in [6, 6.07) is 7.98. The second-order valence-electron chi connectivity index (χ2n) is 4.24. The van der Waals surface area contributed by atoms with Crippen molar-refractivity contribution in [3.63, 3.8) is 0 Å². The van der Waals surface area contributed by atoms with Crippen LogP contribution in [-0.2, 0) is 4.74 Å². The van der Waals surface area contributed by atoms with Crippen LogP contribution in [0.3, 0.4) is 0 Å². The Kier molecular flexibility index (Phi) is 3.16. The Balaban J connectivity index is 2.23. The zero-order valence-corrected chi connectivity index (χ0v) is 11.2. The Morgan fingerprint density at radius 3 is 2.80 bits per heavy atom. The zero-order chi connectivity index (χ0) is 13.9. The summed E-state index contributed by atoms with van der Waals surface area (Å²) in [7, 11) is 0. The van der Waals surface area contributed by atoms with E-state index < -0.39 is 0 Å². The van der Waals surface area contributed by atoms with Crippen molar-refractivity contribution in [2.45, 2.75) is 6.92 Å². The highest BCUT2D eigenvalue weighted by atomic mass is 16.5. The van der Waals surface area contributed by atoms with Gasteiger partial charge in [0.1, 0.15) is 5.76 Å². The molecule has 0 aliphatic rings. The van der Waals surface area contributed by atoms with Crippen LogP contribution in [0, 0.1) is 0 Å². The fourth-order valence-corrected chi connectivity index (χ4v) is 2.16. The number of hydrogen-bond donors (Lipinski definition) is 0. The van der Waals surface area contributed by atoms with Gasteiger partial charge in [-0.2, -0.15) is 0 Å². The number of nitrogens with zero attached hydrogens (tertiary/aromatic N) is 4. The van der Waals surface area contributed by atoms with Crippen molar-refractivity contribution in [1.82, 2.24) is 20.0 Å². The SMILES string of the molecule is C=C(OCC)c1cnc(-n2ccnn2)c2ccccc12. The lowest BCUT2D eigenvalue weighted by molar-refractivity contribution is 0.299. The fourth-order valence-electron chi connectivity index (χ4n) is 2.16. The monoisotopic (exact) mass is 266 g/mol. The van der Waals surface area contributed by atoms with Gasteiger partial charge in [0.05, 0.1) is 19.0 Å². The maximum Gasteiger partial charge on any atom is 0.162 e. The van der Waals surface area contributed by atoms with Gasteiger partial charge in [-0.15, -0.1) is 5.10 Å². The van der Waals surface area contributed by atoms with Crippen LogP contribution in [0.4, 0.5) is 0 Å². The van der Waals surface area contributed by atoms with Gasteiger partial charge in [-0.1, -0.05) is 36.1 Å². The average molecular weight is 266 g/mol. The van der Waals surface area contributed by atoms with Gasteiger partial charge in [-0.25, -0.2) is 9.67 Å². The number of pyridine rings is 1. The Bertz CT molecular complexity index is 750. The van der Waals surface area contributed by atoms with Crippen molar-refractivity contribution >= 4 is 16.5 Å². The molecule has 0 saturated heterocycles. The van der Waals surface area contributed by atoms with Crippen molar-refractivity contribution in [2.75, 3.05) is 6.61 Å². The van der Waals surface area contributed by atoms with Crippen molar-refractivity contribution in [1.29, 1.82) is 0 Å². The molecule has 100 valence electrons. The quantitative estimate of drug-likeness (QED) is 0.681. The Labute approximate surface area is 116 Å². The summed E-state index contributed by atoms with van der Waals surface area (Å²) in [4.78, 5) is 4.47. The topological polar surface area (TPSA) is 52.8 Å². The first-order valence-corrected chi connectivity index (χ1v) is 6.37. The molecule has 0 aliphatic heterocycles. The number of aromatic nitrogens is 4. The van der Waals surface area contributed by atoms with Crippen LogP contribution in [0.5, 0.6) is 0 Å². The highest BCUT2D eigenvalue weighted by Gasteiger charge is 2.11. The van der Waals surface area contributed by atoms with Gasteiger partial charge >= 0.3 is 0 Å². The number of rotatable bonds is 4. The molecule has 0 amide bonds. The minimum absolute atomic E-state index is 0.581. The molecule has 5 heteroatoms. The van der Waals surface area contributed by atoms with E-state index in [1.54, 1.807) is 23.3 Å². The predicted octanol–water partition coefficient (Wildman–Crippen LogP) is 2.82. The van der Waals surface area contributed by atoms with Gasteiger partial charge in [-0.3, -0.25) is 0 Å². The van der Waals surface area contributed by atoms with Crippen LogP contribution < -0.4 is 0 Å². The summed E-state index contributed by atoms with van der Waals surface area (Å²) in [6.07, 6.45) is 5.16. The molecule has 20 heavy (non-hydrogen) atoms. The summed E-state index contributed by atoms with van der Waals surface area (Å²) in [5, 5.41) is 9.84. The molecule has 5 nitrogen and oxygen atoms in total. The lowest BCUT2D eigenvalue weighted by Crippen LogP contribution is -2.02. The van der Waals surface area contributed by atoms with Crippen LogP contribution in [0.1, 0.15) is 12.5 Å². The Hall–Kier alpha value is -2.69. The van der Waals surface area contributed by atoms with Crippen LogP contribution >= 0.6 is 0 Å². The van der Waals surface area contributed by atoms with E-state index in [9.17, 15) is 0 Å². The number of ether oxygens (including phenoxy) is 1. The average Bonchev–Trinajstić information content (AvgIpc) is 3.00. The molecule has 0 aliphatic carbocycles. The van der Waals surface area contributed by atoms with Gasteiger partial charge in [0.2, 0.25) is 0 Å². The van der Waals surface area contributed by atoms with Crippen molar-refractivity contribution < 1.29 is 4.74 Å². The van der Waals surface area contributed by atoms with Gasteiger partial charge < -0.3 is 4.74 Å². The van der Waals surface area contributed by atoms with Gasteiger partial charge in [-0.05, 0) is 12.3 Å². The van der Waals surface area contributed by atoms with E-state index in [4.69, 9.17) is 4.74 Å². The summed E-state index contributed by atoms with van der Waals surface area (Å²) in [6.45, 7) is 6.48. The number of benzene rings is 1. The molecule has 3 aromatic rings. The molecule has 2 heterocycles. The van der Waals surface area contributed by atoms with E-state index in [1.807, 2.05) is 31.2 Å². The third kappa shape index (κ3) is 2.03. The lowest BCUT2D eigenvalue weighted by atomic mass is 10.1. The molecular formula is C15H14N4O. The third-order valence-electron chi connectivity index (χ3n) is 3.03. The fraction of sp³-hybridized carbons (Fsp3) is 0.133. The van der Waals surface area contributed by atoms with Crippen LogP contribution in [0.2, 0.25) is 0 Å². The van der Waals surface area contributed by atoms with E-state index in [1.165, 1.54) is 0 Å². The van der Waals surface area contributed by atoms with Crippen molar-refractivity contribution in [3.05, 3.63) is 55.0 Å². The van der Waals surface area contributed by atoms with Gasteiger partial charge in [0.25, 0.3) is 0 Å². The molecule has 3 rings (SSSR count). The molecule has 1 aromatic carbocycles. The second-order valence-corrected chi connectivity index (χ2v) is 4.24. The van der Waals surface area contributed by atoms with Crippen LogP contribution in [-0.4, -0.2) is 26.6 Å². The van der Waals surface area contributed by atoms with Crippen LogP contribution in [0.15, 0.2) is 49.4 Å². The van der Waals surface area contributed by atoms with E-state index in [-0.39, 0.29) is 0 Å². The molecule has 0 spiro atoms. The molecule has 0 atom stereocenters. The zero-order valence-electron chi connectivity index (χ0n) is 11.2. The highest BCUT2D eigenvalue weighted by Crippen LogP contribution is 2.27. The molecule has 0 fully saturated rings. The Morgan fingerprint density at radius 2 is 2.10 bits per heavy atom. The summed E-state index contributed by atoms with van der Waals surface area (Å²) in [5.74, 6) is 1.37. The third-order valence-corrected chi connectivity index (χ3v) is 3.03.